The van der Waals surface area contributed by atoms with Crippen molar-refractivity contribution in [2.24, 2.45) is 0 Å². The Hall–Kier alpha value is -1.71. The highest BCUT2D eigenvalue weighted by molar-refractivity contribution is 7.61. The molecule has 0 bridgehead atoms. The van der Waals surface area contributed by atoms with Crippen LogP contribution < -0.4 is 16.1 Å². The van der Waals surface area contributed by atoms with Crippen LogP contribution in [-0.2, 0) is 0 Å². The molecular formula is C10H11N4OP. The third kappa shape index (κ3) is 2.66. The van der Waals surface area contributed by atoms with Gasteiger partial charge in [0.2, 0.25) is 5.95 Å². The Kier molecular flexibility index (Phi) is 3.29. The summed E-state index contributed by atoms with van der Waals surface area (Å²) in [4.78, 5) is 17.8. The number of hydrogen-bond acceptors (Lipinski definition) is 5. The topological polar surface area (TPSA) is 84.1 Å². The van der Waals surface area contributed by atoms with E-state index in [1.54, 1.807) is 42.7 Å². The highest BCUT2D eigenvalue weighted by Crippen LogP contribution is 2.28. The van der Waals surface area contributed by atoms with Crippen LogP contribution in [0.1, 0.15) is 0 Å². The molecule has 2 rings (SSSR count). The fraction of sp³-hybridized carbons (Fsp3) is 0. The molecule has 82 valence electrons. The van der Waals surface area contributed by atoms with E-state index in [2.05, 4.69) is 15.1 Å². The SMILES string of the molecule is Nc1ccc(P(O)Nc2ncccn2)cc1. The second-order valence-electron chi connectivity index (χ2n) is 3.09. The third-order valence-electron chi connectivity index (χ3n) is 1.91. The van der Waals surface area contributed by atoms with Crippen molar-refractivity contribution in [3.8, 4) is 0 Å². The third-order valence-corrected chi connectivity index (χ3v) is 3.11. The number of anilines is 2. The second kappa shape index (κ2) is 4.88. The van der Waals surface area contributed by atoms with Crippen LogP contribution in [0.5, 0.6) is 0 Å². The molecule has 2 aromatic rings. The van der Waals surface area contributed by atoms with Gasteiger partial charge in [0.1, 0.15) is 0 Å². The number of nitrogens with one attached hydrogen (secondary N) is 1. The van der Waals surface area contributed by atoms with E-state index in [1.165, 1.54) is 0 Å². The van der Waals surface area contributed by atoms with Gasteiger partial charge in [0, 0.05) is 23.4 Å². The largest absolute Gasteiger partial charge is 0.399 e. The molecule has 0 aliphatic carbocycles. The molecule has 1 atom stereocenters. The van der Waals surface area contributed by atoms with E-state index in [9.17, 15) is 4.89 Å². The fourth-order valence-corrected chi connectivity index (χ4v) is 2.00. The summed E-state index contributed by atoms with van der Waals surface area (Å²) in [7, 11) is -1.49. The van der Waals surface area contributed by atoms with Gasteiger partial charge in [0.15, 0.2) is 8.30 Å². The summed E-state index contributed by atoms with van der Waals surface area (Å²) < 4.78 is 0. The molecule has 0 amide bonds. The minimum atomic E-state index is -1.49. The highest BCUT2D eigenvalue weighted by Gasteiger charge is 2.08. The van der Waals surface area contributed by atoms with E-state index in [0.29, 0.717) is 11.6 Å². The molecule has 0 saturated heterocycles. The number of nitrogens with zero attached hydrogens (tertiary/aromatic N) is 2. The smallest absolute Gasteiger partial charge is 0.227 e. The van der Waals surface area contributed by atoms with Crippen molar-refractivity contribution in [1.29, 1.82) is 0 Å². The van der Waals surface area contributed by atoms with Crippen molar-refractivity contribution in [3.05, 3.63) is 42.7 Å². The molecule has 5 nitrogen and oxygen atoms in total. The second-order valence-corrected chi connectivity index (χ2v) is 4.45. The average Bonchev–Trinajstić information content (AvgIpc) is 2.31. The molecule has 6 heteroatoms. The van der Waals surface area contributed by atoms with E-state index in [1.807, 2.05) is 0 Å². The highest BCUT2D eigenvalue weighted by atomic mass is 31.2. The quantitative estimate of drug-likeness (QED) is 0.547. The van der Waals surface area contributed by atoms with E-state index in [-0.39, 0.29) is 0 Å². The molecule has 16 heavy (non-hydrogen) atoms. The number of benzene rings is 1. The Morgan fingerprint density at radius 2 is 1.75 bits per heavy atom. The van der Waals surface area contributed by atoms with Gasteiger partial charge in [-0.1, -0.05) is 0 Å². The van der Waals surface area contributed by atoms with Crippen molar-refractivity contribution in [2.45, 2.75) is 0 Å². The summed E-state index contributed by atoms with van der Waals surface area (Å²) in [5, 5.41) is 3.61. The number of hydrogen-bond donors (Lipinski definition) is 3. The summed E-state index contributed by atoms with van der Waals surface area (Å²) >= 11 is 0. The molecule has 1 heterocycles. The van der Waals surface area contributed by atoms with Gasteiger partial charge in [-0.05, 0) is 30.3 Å². The standard InChI is InChI=1S/C10H11N4OP/c11-8-2-4-9(5-3-8)16(15)14-10-12-6-1-7-13-10/h1-7,15H,11H2,(H,12,13,14). The van der Waals surface area contributed by atoms with Gasteiger partial charge in [-0.25, -0.2) is 9.97 Å². The summed E-state index contributed by atoms with van der Waals surface area (Å²) in [5.41, 5.74) is 6.23. The lowest BCUT2D eigenvalue weighted by atomic mass is 10.3. The van der Waals surface area contributed by atoms with Gasteiger partial charge in [0.25, 0.3) is 0 Å². The molecule has 0 saturated carbocycles. The lowest BCUT2D eigenvalue weighted by molar-refractivity contribution is 0.639. The number of rotatable bonds is 3. The van der Waals surface area contributed by atoms with Crippen molar-refractivity contribution in [2.75, 3.05) is 10.8 Å². The molecule has 0 fully saturated rings. The fourth-order valence-electron chi connectivity index (χ4n) is 1.13. The number of nitrogens with two attached hydrogens (primary N) is 1. The van der Waals surface area contributed by atoms with Gasteiger partial charge in [0.05, 0.1) is 0 Å². The van der Waals surface area contributed by atoms with Crippen LogP contribution in [0.2, 0.25) is 0 Å². The molecule has 1 aromatic heterocycles. The van der Waals surface area contributed by atoms with E-state index in [4.69, 9.17) is 5.73 Å². The Balaban J connectivity index is 2.09. The zero-order valence-corrected chi connectivity index (χ0v) is 9.30. The number of aromatic nitrogens is 2. The van der Waals surface area contributed by atoms with Crippen LogP contribution in [0.4, 0.5) is 11.6 Å². The van der Waals surface area contributed by atoms with Crippen LogP contribution in [0.25, 0.3) is 0 Å². The predicted octanol–water partition coefficient (Wildman–Crippen LogP) is 1.10. The van der Waals surface area contributed by atoms with Crippen LogP contribution in [-0.4, -0.2) is 14.9 Å². The van der Waals surface area contributed by atoms with Gasteiger partial charge in [-0.2, -0.15) is 0 Å². The monoisotopic (exact) mass is 234 g/mol. The summed E-state index contributed by atoms with van der Waals surface area (Å²) in [6.45, 7) is 0. The maximum Gasteiger partial charge on any atom is 0.227 e. The zero-order valence-electron chi connectivity index (χ0n) is 8.41. The molecule has 1 aromatic carbocycles. The van der Waals surface area contributed by atoms with E-state index in [0.717, 1.165) is 5.30 Å². The van der Waals surface area contributed by atoms with Gasteiger partial charge >= 0.3 is 0 Å². The van der Waals surface area contributed by atoms with E-state index >= 15 is 0 Å². The molecular weight excluding hydrogens is 223 g/mol. The molecule has 0 aliphatic rings. The van der Waals surface area contributed by atoms with Crippen LogP contribution >= 0.6 is 8.30 Å². The Morgan fingerprint density at radius 1 is 1.12 bits per heavy atom. The van der Waals surface area contributed by atoms with Crippen molar-refractivity contribution >= 4 is 25.2 Å². The van der Waals surface area contributed by atoms with E-state index < -0.39 is 8.30 Å². The van der Waals surface area contributed by atoms with Crippen LogP contribution in [0, 0.1) is 0 Å². The first-order chi connectivity index (χ1) is 7.75. The first-order valence-corrected chi connectivity index (χ1v) is 5.93. The molecule has 0 radical (unpaired) electrons. The summed E-state index contributed by atoms with van der Waals surface area (Å²) in [6.07, 6.45) is 3.23. The average molecular weight is 234 g/mol. The van der Waals surface area contributed by atoms with Crippen LogP contribution in [0.15, 0.2) is 42.7 Å². The zero-order chi connectivity index (χ0) is 11.4. The first-order valence-electron chi connectivity index (χ1n) is 4.64. The lowest BCUT2D eigenvalue weighted by Crippen LogP contribution is -2.08. The van der Waals surface area contributed by atoms with Gasteiger partial charge in [-0.3, -0.25) is 0 Å². The molecule has 0 spiro atoms. The van der Waals surface area contributed by atoms with Crippen molar-refractivity contribution in [3.63, 3.8) is 0 Å². The minimum Gasteiger partial charge on any atom is -0.399 e. The summed E-state index contributed by atoms with van der Waals surface area (Å²) in [5.74, 6) is 0.410. The maximum absolute atomic E-state index is 9.90. The number of nitrogen functional groups attached to an aromatic ring is 1. The van der Waals surface area contributed by atoms with Crippen molar-refractivity contribution < 1.29 is 4.89 Å². The normalized spacial score (nSPS) is 12.1. The molecule has 0 aliphatic heterocycles. The first kappa shape index (κ1) is 10.8. The van der Waals surface area contributed by atoms with Crippen molar-refractivity contribution in [1.82, 2.24) is 9.97 Å². The summed E-state index contributed by atoms with van der Waals surface area (Å²) in [6, 6.07) is 8.75. The minimum absolute atomic E-state index is 0.410. The molecule has 4 N–H and O–H groups in total. The molecule has 1 unspecified atom stereocenters. The van der Waals surface area contributed by atoms with Gasteiger partial charge in [-0.15, -0.1) is 0 Å². The Bertz CT molecular complexity index is 448. The lowest BCUT2D eigenvalue weighted by Gasteiger charge is -2.11. The maximum atomic E-state index is 9.90. The van der Waals surface area contributed by atoms with Crippen LogP contribution in [0.3, 0.4) is 0 Å². The Labute approximate surface area is 94.3 Å². The Morgan fingerprint density at radius 3 is 2.38 bits per heavy atom. The predicted molar refractivity (Wildman–Crippen MR) is 65.3 cm³/mol. The van der Waals surface area contributed by atoms with Gasteiger partial charge < -0.3 is 15.7 Å².